The van der Waals surface area contributed by atoms with Crippen molar-refractivity contribution in [3.05, 3.63) is 88.6 Å². The first-order valence-electron chi connectivity index (χ1n) is 13.1. The van der Waals surface area contributed by atoms with E-state index in [4.69, 9.17) is 4.99 Å². The second-order valence-corrected chi connectivity index (χ2v) is 11.1. The van der Waals surface area contributed by atoms with Crippen LogP contribution in [-0.2, 0) is 6.42 Å². The third kappa shape index (κ3) is 5.91. The number of nitrogens with zero attached hydrogens (tertiary/aromatic N) is 3. The quantitative estimate of drug-likeness (QED) is 0.377. The molecule has 2 aliphatic heterocycles. The first-order valence-corrected chi connectivity index (χ1v) is 13.9. The summed E-state index contributed by atoms with van der Waals surface area (Å²) in [5.74, 6) is 1.15. The van der Waals surface area contributed by atoms with Gasteiger partial charge in [-0.15, -0.1) is 17.9 Å². The maximum absolute atomic E-state index is 5.21. The molecule has 0 bridgehead atoms. The Kier molecular flexibility index (Phi) is 8.65. The lowest BCUT2D eigenvalue weighted by Gasteiger charge is -2.41. The number of rotatable bonds is 4. The first-order chi connectivity index (χ1) is 17.4. The molecule has 2 aromatic carbocycles. The molecule has 5 rings (SSSR count). The van der Waals surface area contributed by atoms with Crippen molar-refractivity contribution in [3.63, 3.8) is 0 Å². The Bertz CT molecular complexity index is 1270. The monoisotopic (exact) mass is 500 g/mol. The summed E-state index contributed by atoms with van der Waals surface area (Å²) in [7, 11) is 2.28. The predicted molar refractivity (Wildman–Crippen MR) is 158 cm³/mol. The van der Waals surface area contributed by atoms with Gasteiger partial charge < -0.3 is 10.2 Å². The van der Waals surface area contributed by atoms with Crippen LogP contribution in [0.3, 0.4) is 0 Å². The van der Waals surface area contributed by atoms with Crippen LogP contribution >= 0.6 is 11.3 Å². The summed E-state index contributed by atoms with van der Waals surface area (Å²) < 4.78 is 0. The topological polar surface area (TPSA) is 30.9 Å². The van der Waals surface area contributed by atoms with Crippen LogP contribution in [0.25, 0.3) is 10.8 Å². The molecule has 2 aliphatic rings. The highest BCUT2D eigenvalue weighted by atomic mass is 32.1. The number of aliphatic imine (C=N–C) groups is 1. The molecule has 1 N–H and O–H groups in total. The van der Waals surface area contributed by atoms with E-state index in [0.717, 1.165) is 50.4 Å². The van der Waals surface area contributed by atoms with Crippen LogP contribution in [0.1, 0.15) is 49.6 Å². The van der Waals surface area contributed by atoms with Gasteiger partial charge in [-0.3, -0.25) is 4.90 Å². The average Bonchev–Trinajstić information content (AvgIpc) is 3.18. The molecule has 4 nitrogen and oxygen atoms in total. The third-order valence-electron chi connectivity index (χ3n) is 7.06. The lowest BCUT2D eigenvalue weighted by Crippen LogP contribution is -2.53. The van der Waals surface area contributed by atoms with Crippen LogP contribution in [0.2, 0.25) is 0 Å². The number of hydrogen-bond donors (Lipinski definition) is 1. The van der Waals surface area contributed by atoms with E-state index >= 15 is 0 Å². The molecule has 1 aromatic heterocycles. The van der Waals surface area contributed by atoms with Gasteiger partial charge in [0.15, 0.2) is 0 Å². The fourth-order valence-electron chi connectivity index (χ4n) is 5.05. The summed E-state index contributed by atoms with van der Waals surface area (Å²) in [6.45, 7) is 14.9. The molecule has 190 valence electrons. The first kappa shape index (κ1) is 26.2. The molecule has 5 heteroatoms. The van der Waals surface area contributed by atoms with Gasteiger partial charge in [-0.05, 0) is 69.5 Å². The minimum absolute atomic E-state index is 0.516. The maximum Gasteiger partial charge on any atom is 0.139 e. The van der Waals surface area contributed by atoms with Crippen LogP contribution in [0, 0.1) is 6.92 Å². The molecule has 1 fully saturated rings. The Morgan fingerprint density at radius 2 is 1.86 bits per heavy atom. The average molecular weight is 501 g/mol. The Hall–Kier alpha value is -2.89. The zero-order valence-electron chi connectivity index (χ0n) is 22.5. The predicted octanol–water partition coefficient (Wildman–Crippen LogP) is 7.46. The normalized spacial score (nSPS) is 18.1. The van der Waals surface area contributed by atoms with E-state index in [1.165, 1.54) is 37.5 Å². The minimum Gasteiger partial charge on any atom is -0.353 e. The Morgan fingerprint density at radius 3 is 2.61 bits per heavy atom. The molecular formula is C31H40N4S. The van der Waals surface area contributed by atoms with Gasteiger partial charge in [-0.25, -0.2) is 4.99 Å². The fraction of sp³-hybridized carbons (Fsp3) is 0.387. The van der Waals surface area contributed by atoms with Gasteiger partial charge in [0.2, 0.25) is 0 Å². The lowest BCUT2D eigenvalue weighted by molar-refractivity contribution is 0.134. The number of amidine groups is 1. The fourth-order valence-corrected chi connectivity index (χ4v) is 6.01. The van der Waals surface area contributed by atoms with Gasteiger partial charge in [0.1, 0.15) is 10.8 Å². The van der Waals surface area contributed by atoms with E-state index < -0.39 is 0 Å². The number of thiophene rings is 1. The molecule has 0 aliphatic carbocycles. The molecule has 1 atom stereocenters. The smallest absolute Gasteiger partial charge is 0.139 e. The second-order valence-electron chi connectivity index (χ2n) is 9.79. The number of likely N-dealkylation sites (N-methyl/N-ethyl adjacent to an activating group) is 1. The molecule has 0 amide bonds. The van der Waals surface area contributed by atoms with Gasteiger partial charge in [-0.2, -0.15) is 0 Å². The van der Waals surface area contributed by atoms with Crippen molar-refractivity contribution >= 4 is 32.9 Å². The number of fused-ring (bicyclic) bond motifs is 2. The standard InChI is InChI=1S/C28H34N4S.C3H6/c1-5-26-20(3)29-28-25(16-19(2)33-28)27(30-26)32-15-14-31(4)24(18-32)13-11-21-10-12-22-8-6-7-9-23(22)17-21;1-3-2/h6-10,12,16-17,24,29H,5,11,13-15,18H2,1-4H3;3H,1H2,2H3. The van der Waals surface area contributed by atoms with Crippen molar-refractivity contribution in [3.8, 4) is 0 Å². The summed E-state index contributed by atoms with van der Waals surface area (Å²) >= 11 is 1.83. The largest absolute Gasteiger partial charge is 0.353 e. The van der Waals surface area contributed by atoms with E-state index in [1.54, 1.807) is 6.08 Å². The van der Waals surface area contributed by atoms with Crippen LogP contribution < -0.4 is 5.32 Å². The van der Waals surface area contributed by atoms with Crippen LogP contribution in [0.15, 0.2) is 77.6 Å². The number of anilines is 1. The summed E-state index contributed by atoms with van der Waals surface area (Å²) in [5, 5.41) is 7.53. The van der Waals surface area contributed by atoms with E-state index in [-0.39, 0.29) is 0 Å². The second kappa shape index (κ2) is 11.9. The number of aryl methyl sites for hydroxylation is 2. The van der Waals surface area contributed by atoms with Gasteiger partial charge in [0.05, 0.1) is 11.3 Å². The molecular weight excluding hydrogens is 460 g/mol. The van der Waals surface area contributed by atoms with Crippen molar-refractivity contribution in [2.45, 2.75) is 53.0 Å². The zero-order chi connectivity index (χ0) is 25.7. The van der Waals surface area contributed by atoms with Crippen molar-refractivity contribution in [2.24, 2.45) is 4.99 Å². The summed E-state index contributed by atoms with van der Waals surface area (Å²) in [5.41, 5.74) is 5.03. The highest BCUT2D eigenvalue weighted by molar-refractivity contribution is 7.16. The number of piperazine rings is 1. The summed E-state index contributed by atoms with van der Waals surface area (Å²) in [4.78, 5) is 11.6. The minimum atomic E-state index is 0.516. The number of allylic oxidation sites excluding steroid dienone is 3. The van der Waals surface area contributed by atoms with Crippen molar-refractivity contribution in [1.29, 1.82) is 0 Å². The van der Waals surface area contributed by atoms with Crippen LogP contribution in [-0.4, -0.2) is 48.4 Å². The molecule has 36 heavy (non-hydrogen) atoms. The van der Waals surface area contributed by atoms with E-state index in [0.29, 0.717) is 6.04 Å². The van der Waals surface area contributed by atoms with Crippen LogP contribution in [0.5, 0.6) is 0 Å². The lowest BCUT2D eigenvalue weighted by atomic mass is 9.99. The van der Waals surface area contributed by atoms with Gasteiger partial charge in [-0.1, -0.05) is 55.5 Å². The van der Waals surface area contributed by atoms with Gasteiger partial charge in [0.25, 0.3) is 0 Å². The highest BCUT2D eigenvalue weighted by Crippen LogP contribution is 2.34. The summed E-state index contributed by atoms with van der Waals surface area (Å²) in [6.07, 6.45) is 4.95. The highest BCUT2D eigenvalue weighted by Gasteiger charge is 2.29. The Balaban J connectivity index is 0.000000967. The van der Waals surface area contributed by atoms with Crippen molar-refractivity contribution in [1.82, 2.24) is 9.80 Å². The molecule has 3 heterocycles. The molecule has 0 spiro atoms. The molecule has 1 unspecified atom stereocenters. The van der Waals surface area contributed by atoms with Gasteiger partial charge in [0, 0.05) is 36.3 Å². The SMILES string of the molecule is C=CC.CCC1=C(C)Nc2sc(C)cc2C(N2CCN(C)C(CCc3ccc4ccccc4c3)C2)=N1. The van der Waals surface area contributed by atoms with E-state index in [9.17, 15) is 0 Å². The molecule has 0 radical (unpaired) electrons. The van der Waals surface area contributed by atoms with Crippen molar-refractivity contribution in [2.75, 3.05) is 32.0 Å². The Labute approximate surface area is 221 Å². The van der Waals surface area contributed by atoms with E-state index in [2.05, 4.69) is 98.0 Å². The molecule has 3 aromatic rings. The Morgan fingerprint density at radius 1 is 1.11 bits per heavy atom. The summed E-state index contributed by atoms with van der Waals surface area (Å²) in [6, 6.07) is 18.4. The molecule has 0 saturated carbocycles. The molecule has 1 saturated heterocycles. The van der Waals surface area contributed by atoms with E-state index in [1.807, 2.05) is 18.3 Å². The maximum atomic E-state index is 5.21. The number of nitrogens with one attached hydrogen (secondary N) is 1. The van der Waals surface area contributed by atoms with Crippen LogP contribution in [0.4, 0.5) is 5.00 Å². The number of hydrogen-bond acceptors (Lipinski definition) is 5. The number of benzene rings is 2. The third-order valence-corrected chi connectivity index (χ3v) is 8.03. The van der Waals surface area contributed by atoms with Crippen molar-refractivity contribution < 1.29 is 0 Å². The zero-order valence-corrected chi connectivity index (χ0v) is 23.3. The van der Waals surface area contributed by atoms with Gasteiger partial charge >= 0.3 is 0 Å².